The highest BCUT2D eigenvalue weighted by Gasteiger charge is 2.26. The molecular formula is C39H75O9P. The summed E-state index contributed by atoms with van der Waals surface area (Å²) in [5, 5.41) is 18.3. The highest BCUT2D eigenvalue weighted by molar-refractivity contribution is 7.47. The Labute approximate surface area is 300 Å². The second-order valence-electron chi connectivity index (χ2n) is 13.3. The zero-order valence-corrected chi connectivity index (χ0v) is 32.3. The van der Waals surface area contributed by atoms with Crippen molar-refractivity contribution in [2.24, 2.45) is 0 Å². The van der Waals surface area contributed by atoms with Gasteiger partial charge < -0.3 is 24.6 Å². The van der Waals surface area contributed by atoms with E-state index in [9.17, 15) is 19.4 Å². The van der Waals surface area contributed by atoms with E-state index in [4.69, 9.17) is 23.6 Å². The van der Waals surface area contributed by atoms with Crippen LogP contribution in [0, 0.1) is 0 Å². The van der Waals surface area contributed by atoms with Crippen molar-refractivity contribution in [3.63, 3.8) is 0 Å². The molecule has 0 saturated heterocycles. The molecule has 0 aromatic heterocycles. The lowest BCUT2D eigenvalue weighted by molar-refractivity contribution is -0.154. The molecule has 0 fully saturated rings. The number of aliphatic hydroxyl groups excluding tert-OH is 2. The average molecular weight is 719 g/mol. The first-order chi connectivity index (χ1) is 23.8. The van der Waals surface area contributed by atoms with E-state index in [1.165, 1.54) is 89.9 Å². The molecule has 0 rings (SSSR count). The predicted octanol–water partition coefficient (Wildman–Crippen LogP) is 10.3. The van der Waals surface area contributed by atoms with Gasteiger partial charge in [0.25, 0.3) is 0 Å². The molecule has 0 amide bonds. The number of rotatable bonds is 38. The average Bonchev–Trinajstić information content (AvgIpc) is 3.09. The first kappa shape index (κ1) is 47.9. The highest BCUT2D eigenvalue weighted by atomic mass is 31.2. The molecule has 3 N–H and O–H groups in total. The lowest BCUT2D eigenvalue weighted by Gasteiger charge is -2.20. The van der Waals surface area contributed by atoms with E-state index in [2.05, 4.69) is 38.2 Å². The van der Waals surface area contributed by atoms with Crippen LogP contribution in [0.4, 0.5) is 0 Å². The monoisotopic (exact) mass is 719 g/mol. The van der Waals surface area contributed by atoms with Crippen molar-refractivity contribution in [2.45, 2.75) is 187 Å². The SMILES string of the molecule is CCCCC/C=C\CCCCCCCC(=O)OC(COCCCCCCCC/C=C\CCCCCCCC)COP(=O)(O)OCC(O)CO. The van der Waals surface area contributed by atoms with Crippen LogP contribution in [0.3, 0.4) is 0 Å². The summed E-state index contributed by atoms with van der Waals surface area (Å²) >= 11 is 0. The number of carbonyl (C=O) groups is 1. The number of allylic oxidation sites excluding steroid dienone is 4. The third-order valence-electron chi connectivity index (χ3n) is 8.36. The van der Waals surface area contributed by atoms with Gasteiger partial charge in [-0.1, -0.05) is 128 Å². The van der Waals surface area contributed by atoms with Crippen molar-refractivity contribution in [3.8, 4) is 0 Å². The summed E-state index contributed by atoms with van der Waals surface area (Å²) in [6.45, 7) is 3.46. The Morgan fingerprint density at radius 1 is 0.612 bits per heavy atom. The number of hydrogen-bond donors (Lipinski definition) is 3. The molecule has 0 aliphatic heterocycles. The molecule has 0 radical (unpaired) electrons. The first-order valence-corrected chi connectivity index (χ1v) is 21.3. The Morgan fingerprint density at radius 2 is 1.04 bits per heavy atom. The largest absolute Gasteiger partial charge is 0.472 e. The van der Waals surface area contributed by atoms with Gasteiger partial charge in [-0.05, 0) is 64.2 Å². The molecule has 0 aliphatic rings. The predicted molar refractivity (Wildman–Crippen MR) is 201 cm³/mol. The Hall–Kier alpha value is -1.06. The maximum absolute atomic E-state index is 12.5. The molecular weight excluding hydrogens is 643 g/mol. The van der Waals surface area contributed by atoms with E-state index in [0.29, 0.717) is 6.61 Å². The molecule has 0 aromatic carbocycles. The number of esters is 1. The molecule has 3 unspecified atom stereocenters. The van der Waals surface area contributed by atoms with E-state index in [1.54, 1.807) is 0 Å². The minimum Gasteiger partial charge on any atom is -0.457 e. The van der Waals surface area contributed by atoms with Crippen molar-refractivity contribution in [1.29, 1.82) is 0 Å². The Morgan fingerprint density at radius 3 is 1.57 bits per heavy atom. The van der Waals surface area contributed by atoms with Gasteiger partial charge in [0.05, 0.1) is 26.4 Å². The van der Waals surface area contributed by atoms with E-state index >= 15 is 0 Å². The van der Waals surface area contributed by atoms with Gasteiger partial charge in [-0.25, -0.2) is 4.57 Å². The van der Waals surface area contributed by atoms with Gasteiger partial charge in [0.2, 0.25) is 0 Å². The van der Waals surface area contributed by atoms with Crippen LogP contribution < -0.4 is 0 Å². The number of hydrogen-bond acceptors (Lipinski definition) is 8. The molecule has 0 bridgehead atoms. The third kappa shape index (κ3) is 36.5. The lowest BCUT2D eigenvalue weighted by Crippen LogP contribution is -2.29. The van der Waals surface area contributed by atoms with Crippen LogP contribution in [0.1, 0.15) is 174 Å². The van der Waals surface area contributed by atoms with Crippen LogP contribution in [0.2, 0.25) is 0 Å². The van der Waals surface area contributed by atoms with E-state index in [-0.39, 0.29) is 19.6 Å². The van der Waals surface area contributed by atoms with Gasteiger partial charge in [0, 0.05) is 13.0 Å². The third-order valence-corrected chi connectivity index (χ3v) is 9.31. The Bertz CT molecular complexity index is 820. The quantitative estimate of drug-likeness (QED) is 0.0247. The van der Waals surface area contributed by atoms with Crippen LogP contribution in [-0.2, 0) is 27.9 Å². The summed E-state index contributed by atoms with van der Waals surface area (Å²) in [4.78, 5) is 22.5. The number of aliphatic hydroxyl groups is 2. The first-order valence-electron chi connectivity index (χ1n) is 19.8. The molecule has 9 nitrogen and oxygen atoms in total. The summed E-state index contributed by atoms with van der Waals surface area (Å²) in [7, 11) is -4.51. The number of carbonyl (C=O) groups excluding carboxylic acids is 1. The summed E-state index contributed by atoms with van der Waals surface area (Å²) < 4.78 is 33.2. The standard InChI is InChI=1S/C39H75O9P/c1-3-5-7-9-11-13-15-17-18-19-20-22-24-26-28-30-32-45-35-38(36-47-49(43,44)46-34-37(41)33-40)48-39(42)31-29-27-25-23-21-16-14-12-10-8-6-4-2/h12,14,17-18,37-38,40-41H,3-11,13,15-16,19-36H2,1-2H3,(H,43,44)/b14-12-,18-17-. The molecule has 0 aromatic rings. The fraction of sp³-hybridized carbons (Fsp3) is 0.872. The molecule has 290 valence electrons. The minimum atomic E-state index is -4.51. The smallest absolute Gasteiger partial charge is 0.457 e. The van der Waals surface area contributed by atoms with E-state index < -0.39 is 39.2 Å². The van der Waals surface area contributed by atoms with Crippen molar-refractivity contribution in [2.75, 3.05) is 33.0 Å². The Kier molecular flexibility index (Phi) is 35.9. The van der Waals surface area contributed by atoms with Crippen LogP contribution in [0.5, 0.6) is 0 Å². The molecule has 0 aliphatic carbocycles. The second kappa shape index (κ2) is 36.7. The molecule has 0 saturated carbocycles. The lowest BCUT2D eigenvalue weighted by atomic mass is 10.1. The van der Waals surface area contributed by atoms with Crippen molar-refractivity contribution in [1.82, 2.24) is 0 Å². The van der Waals surface area contributed by atoms with Crippen LogP contribution in [-0.4, -0.2) is 66.3 Å². The van der Waals surface area contributed by atoms with E-state index in [1.807, 2.05) is 0 Å². The molecule has 10 heteroatoms. The fourth-order valence-electron chi connectivity index (χ4n) is 5.28. The van der Waals surface area contributed by atoms with Crippen LogP contribution in [0.25, 0.3) is 0 Å². The van der Waals surface area contributed by atoms with Gasteiger partial charge in [-0.15, -0.1) is 0 Å². The molecule has 3 atom stereocenters. The highest BCUT2D eigenvalue weighted by Crippen LogP contribution is 2.43. The summed E-state index contributed by atoms with van der Waals surface area (Å²) in [6.07, 6.45) is 35.6. The van der Waals surface area contributed by atoms with Crippen LogP contribution in [0.15, 0.2) is 24.3 Å². The zero-order valence-electron chi connectivity index (χ0n) is 31.4. The number of unbranched alkanes of at least 4 members (excludes halogenated alkanes) is 20. The van der Waals surface area contributed by atoms with Gasteiger partial charge in [0.15, 0.2) is 0 Å². The molecule has 0 heterocycles. The Balaban J connectivity index is 4.22. The van der Waals surface area contributed by atoms with Gasteiger partial charge in [-0.3, -0.25) is 13.8 Å². The molecule has 49 heavy (non-hydrogen) atoms. The zero-order chi connectivity index (χ0) is 36.1. The van der Waals surface area contributed by atoms with E-state index in [0.717, 1.165) is 64.2 Å². The summed E-state index contributed by atoms with van der Waals surface area (Å²) in [6, 6.07) is 0. The van der Waals surface area contributed by atoms with Crippen molar-refractivity contribution < 1.29 is 43.0 Å². The number of phosphoric ester groups is 1. The van der Waals surface area contributed by atoms with Crippen molar-refractivity contribution in [3.05, 3.63) is 24.3 Å². The van der Waals surface area contributed by atoms with Crippen molar-refractivity contribution >= 4 is 13.8 Å². The fourth-order valence-corrected chi connectivity index (χ4v) is 6.07. The van der Waals surface area contributed by atoms with Gasteiger partial charge in [-0.2, -0.15) is 0 Å². The normalized spacial score (nSPS) is 14.5. The topological polar surface area (TPSA) is 132 Å². The summed E-state index contributed by atoms with van der Waals surface area (Å²) in [5.41, 5.74) is 0. The molecule has 0 spiro atoms. The second-order valence-corrected chi connectivity index (χ2v) is 14.7. The maximum atomic E-state index is 12.5. The minimum absolute atomic E-state index is 0.0437. The van der Waals surface area contributed by atoms with Gasteiger partial charge in [0.1, 0.15) is 12.2 Å². The summed E-state index contributed by atoms with van der Waals surface area (Å²) in [5.74, 6) is -0.395. The van der Waals surface area contributed by atoms with Crippen LogP contribution >= 0.6 is 7.82 Å². The van der Waals surface area contributed by atoms with Gasteiger partial charge >= 0.3 is 13.8 Å². The number of ether oxygens (including phenoxy) is 2. The maximum Gasteiger partial charge on any atom is 0.472 e. The number of phosphoric acid groups is 1.